The number of rotatable bonds is 9. The number of fused-ring (bicyclic) bond motifs is 5. The van der Waals surface area contributed by atoms with Crippen LogP contribution in [-0.2, 0) is 42.8 Å². The van der Waals surface area contributed by atoms with Gasteiger partial charge in [0.25, 0.3) is 0 Å². The lowest BCUT2D eigenvalue weighted by molar-refractivity contribution is -0.347. The molecule has 0 aromatic heterocycles. The van der Waals surface area contributed by atoms with Crippen LogP contribution in [-0.4, -0.2) is 112 Å². The molecule has 1 heterocycles. The first kappa shape index (κ1) is 43.9. The lowest BCUT2D eigenvalue weighted by atomic mass is 9.44. The molecule has 59 heavy (non-hydrogen) atoms. The quantitative estimate of drug-likeness (QED) is 0.161. The number of esters is 3. The van der Waals surface area contributed by atoms with Crippen LogP contribution in [0.5, 0.6) is 0 Å². The summed E-state index contributed by atoms with van der Waals surface area (Å²) >= 11 is 0. The highest BCUT2D eigenvalue weighted by Gasteiger charge is 2.78. The molecule has 6 rings (SSSR count). The summed E-state index contributed by atoms with van der Waals surface area (Å²) in [5.41, 5.74) is -7.57. The SMILES string of the molecule is CO[C@H]1C[C@H]2OC[C@@]2(OC(C)=O)[C@H]2[C@H](OC(=O)c3ccccc3)[C@]3(O)C[C@H](OC(=O)C(O)C(NC(=O)OC(C)(C)C)c4ccccc4)C(C)=C([C@@H](O)C(=O)[C@]12C)C3(C)C. The van der Waals surface area contributed by atoms with E-state index in [1.165, 1.54) is 26.2 Å². The highest BCUT2D eigenvalue weighted by atomic mass is 16.6. The second-order valence-corrected chi connectivity index (χ2v) is 17.8. The Bertz CT molecular complexity index is 1990. The summed E-state index contributed by atoms with van der Waals surface area (Å²) in [7, 11) is 1.39. The van der Waals surface area contributed by atoms with Crippen molar-refractivity contribution in [2.75, 3.05) is 13.7 Å². The van der Waals surface area contributed by atoms with E-state index in [1.54, 1.807) is 97.0 Å². The van der Waals surface area contributed by atoms with Gasteiger partial charge in [0, 0.05) is 32.3 Å². The van der Waals surface area contributed by atoms with E-state index in [4.69, 9.17) is 28.4 Å². The van der Waals surface area contributed by atoms with Gasteiger partial charge >= 0.3 is 24.0 Å². The van der Waals surface area contributed by atoms with Crippen LogP contribution in [0.1, 0.15) is 90.2 Å². The maximum Gasteiger partial charge on any atom is 0.408 e. The minimum atomic E-state index is -2.30. The van der Waals surface area contributed by atoms with Crippen LogP contribution < -0.4 is 5.32 Å². The van der Waals surface area contributed by atoms with Gasteiger partial charge in [0.05, 0.1) is 35.6 Å². The van der Waals surface area contributed by atoms with Crippen molar-refractivity contribution in [2.24, 2.45) is 16.7 Å². The third-order valence-corrected chi connectivity index (χ3v) is 12.8. The van der Waals surface area contributed by atoms with Crippen LogP contribution in [0.15, 0.2) is 71.8 Å². The van der Waals surface area contributed by atoms with Crippen LogP contribution in [0.4, 0.5) is 4.79 Å². The Morgan fingerprint density at radius 2 is 1.58 bits per heavy atom. The van der Waals surface area contributed by atoms with Gasteiger partial charge in [-0.05, 0) is 63.5 Å². The van der Waals surface area contributed by atoms with Gasteiger partial charge in [-0.2, -0.15) is 0 Å². The van der Waals surface area contributed by atoms with Crippen LogP contribution in [0.2, 0.25) is 0 Å². The molecule has 15 nitrogen and oxygen atoms in total. The molecule has 3 aliphatic carbocycles. The van der Waals surface area contributed by atoms with Crippen LogP contribution >= 0.6 is 0 Å². The van der Waals surface area contributed by atoms with E-state index in [9.17, 15) is 34.5 Å². The monoisotopic (exact) mass is 821 g/mol. The first-order chi connectivity index (χ1) is 27.5. The molecule has 2 saturated carbocycles. The molecule has 1 amide bonds. The normalized spacial score (nSPS) is 33.3. The topological polar surface area (TPSA) is 213 Å². The molecule has 0 radical (unpaired) electrons. The second kappa shape index (κ2) is 15.7. The lowest BCUT2D eigenvalue weighted by Gasteiger charge is -2.67. The van der Waals surface area contributed by atoms with E-state index in [-0.39, 0.29) is 29.7 Å². The van der Waals surface area contributed by atoms with Gasteiger partial charge in [-0.25, -0.2) is 14.4 Å². The fraction of sp³-hybridized carbons (Fsp3) is 0.568. The van der Waals surface area contributed by atoms with Crippen LogP contribution in [0.25, 0.3) is 0 Å². The smallest absolute Gasteiger partial charge is 0.408 e. The van der Waals surface area contributed by atoms with Crippen molar-refractivity contribution in [1.29, 1.82) is 0 Å². The van der Waals surface area contributed by atoms with E-state index < -0.39 is 112 Å². The number of aliphatic hydroxyl groups is 3. The van der Waals surface area contributed by atoms with Gasteiger partial charge in [0.15, 0.2) is 17.5 Å². The number of nitrogens with one attached hydrogen (secondary N) is 1. The Kier molecular flexibility index (Phi) is 11.7. The van der Waals surface area contributed by atoms with E-state index in [0.717, 1.165) is 0 Å². The van der Waals surface area contributed by atoms with E-state index >= 15 is 4.79 Å². The fourth-order valence-electron chi connectivity index (χ4n) is 9.88. The predicted octanol–water partition coefficient (Wildman–Crippen LogP) is 3.91. The second-order valence-electron chi connectivity index (χ2n) is 17.8. The number of methoxy groups -OCH3 is 1. The molecule has 320 valence electrons. The third kappa shape index (κ3) is 7.45. The molecule has 1 saturated heterocycles. The largest absolute Gasteiger partial charge is 0.456 e. The molecule has 1 aliphatic heterocycles. The molecule has 3 fully saturated rings. The van der Waals surface area contributed by atoms with E-state index in [0.29, 0.717) is 5.56 Å². The fourth-order valence-corrected chi connectivity index (χ4v) is 9.88. The lowest BCUT2D eigenvalue weighted by Crippen LogP contribution is -2.82. The van der Waals surface area contributed by atoms with Gasteiger partial charge in [0.2, 0.25) is 0 Å². The summed E-state index contributed by atoms with van der Waals surface area (Å²) < 4.78 is 35.9. The highest BCUT2D eigenvalue weighted by Crippen LogP contribution is 2.64. The molecule has 0 spiro atoms. The zero-order chi connectivity index (χ0) is 43.5. The van der Waals surface area contributed by atoms with Gasteiger partial charge < -0.3 is 49.1 Å². The van der Waals surface area contributed by atoms with Gasteiger partial charge in [-0.3, -0.25) is 9.59 Å². The van der Waals surface area contributed by atoms with Crippen molar-refractivity contribution in [3.8, 4) is 0 Å². The minimum absolute atomic E-state index is 0.00108. The average molecular weight is 822 g/mol. The molecule has 2 unspecified atom stereocenters. The molecule has 11 atom stereocenters. The zero-order valence-electron chi connectivity index (χ0n) is 34.8. The van der Waals surface area contributed by atoms with Crippen molar-refractivity contribution < 1.29 is 67.7 Å². The number of carbonyl (C=O) groups excluding carboxylic acids is 5. The maximum atomic E-state index is 15.2. The summed E-state index contributed by atoms with van der Waals surface area (Å²) in [5, 5.41) is 40.1. The Balaban J connectivity index is 1.50. The highest BCUT2D eigenvalue weighted by molar-refractivity contribution is 5.94. The number of Topliss-reactive ketones (excluding diaryl/α,β-unsaturated/α-hetero) is 1. The molecule has 4 aliphatic rings. The summed E-state index contributed by atoms with van der Waals surface area (Å²) in [6.07, 6.45) is -10.3. The molecule has 4 N–H and O–H groups in total. The van der Waals surface area contributed by atoms with Crippen molar-refractivity contribution >= 4 is 29.8 Å². The average Bonchev–Trinajstić information content (AvgIpc) is 3.16. The van der Waals surface area contributed by atoms with Crippen molar-refractivity contribution in [3.63, 3.8) is 0 Å². The number of carbonyl (C=O) groups is 5. The van der Waals surface area contributed by atoms with Gasteiger partial charge in [-0.1, -0.05) is 62.4 Å². The summed E-state index contributed by atoms with van der Waals surface area (Å²) in [6, 6.07) is 14.8. The molecule has 2 aromatic carbocycles. The van der Waals surface area contributed by atoms with Crippen molar-refractivity contribution in [3.05, 3.63) is 82.9 Å². The number of hydrogen-bond donors (Lipinski definition) is 4. The number of hydrogen-bond acceptors (Lipinski definition) is 14. The Morgan fingerprint density at radius 1 is 0.966 bits per heavy atom. The molecular formula is C44H55NO14. The number of ketones is 1. The summed E-state index contributed by atoms with van der Waals surface area (Å²) in [6.45, 7) is 12.2. The first-order valence-corrected chi connectivity index (χ1v) is 19.7. The molecular weight excluding hydrogens is 766 g/mol. The maximum absolute atomic E-state index is 15.2. The molecule has 15 heteroatoms. The standard InChI is InChI=1S/C44H55NO14/c1-23-27(56-38(51)33(48)31(25-16-12-10-13-17-25)45-39(52)59-40(3,4)5)21-44(53)36(57-37(50)26-18-14-11-15-19-26)34-42(8,35(49)32(47)30(23)41(44,6)7)28(54-9)20-29-43(34,22-55-29)58-24(2)46/h10-19,27-29,31-34,36,47-48,53H,20-22H2,1-9H3,(H,45,52)/t27-,28-,29+,31?,32+,33?,34-,36-,42+,43-,44+/m0/s1. The Morgan fingerprint density at radius 3 is 2.12 bits per heavy atom. The number of benzene rings is 2. The molecule has 2 aromatic rings. The number of amides is 1. The predicted molar refractivity (Wildman–Crippen MR) is 208 cm³/mol. The number of aliphatic hydroxyl groups excluding tert-OH is 2. The number of ether oxygens (including phenoxy) is 6. The Hall–Kier alpha value is -4.67. The van der Waals surface area contributed by atoms with E-state index in [2.05, 4.69) is 5.32 Å². The minimum Gasteiger partial charge on any atom is -0.456 e. The van der Waals surface area contributed by atoms with E-state index in [1.807, 2.05) is 0 Å². The molecule has 2 bridgehead atoms. The van der Waals surface area contributed by atoms with Crippen LogP contribution in [0.3, 0.4) is 0 Å². The summed E-state index contributed by atoms with van der Waals surface area (Å²) in [5.74, 6) is -4.98. The van der Waals surface area contributed by atoms with Gasteiger partial charge in [0.1, 0.15) is 35.6 Å². The van der Waals surface area contributed by atoms with Crippen molar-refractivity contribution in [1.82, 2.24) is 5.32 Å². The third-order valence-electron chi connectivity index (χ3n) is 12.8. The first-order valence-electron chi connectivity index (χ1n) is 19.7. The van der Waals surface area contributed by atoms with Gasteiger partial charge in [-0.15, -0.1) is 0 Å². The zero-order valence-corrected chi connectivity index (χ0v) is 34.8. The summed E-state index contributed by atoms with van der Waals surface area (Å²) in [4.78, 5) is 69.4. The van der Waals surface area contributed by atoms with Crippen LogP contribution in [0, 0.1) is 16.7 Å². The Labute approximate surface area is 343 Å². The van der Waals surface area contributed by atoms with Crippen molar-refractivity contribution in [2.45, 2.75) is 128 Å². The number of alkyl carbamates (subject to hydrolysis) is 1.